The largest absolute Gasteiger partial charge is 0.436 e. The standard InChI is InChI=1S/C31H46F4N4O4/c1-18(29(40)38-28(35)27(33)34)22-17-23(32)24(16-21(22)14-15-39(2)3)37-30(41)26(43-31(36)42)25(19-10-6-4-7-11-19)20-12-8-5-9-13-20/h16-20,25-28H,4-15H2,1-3H3,(H2,36,42)(H,37,41)(H,38,40). The molecular formula is C31H46F4N4O4. The number of ether oxygens (including phenoxy) is 1. The lowest BCUT2D eigenvalue weighted by Gasteiger charge is -2.41. The molecule has 0 spiro atoms. The third-order valence-electron chi connectivity index (χ3n) is 8.92. The van der Waals surface area contributed by atoms with E-state index in [2.05, 4.69) is 5.32 Å². The Labute approximate surface area is 251 Å². The van der Waals surface area contributed by atoms with Gasteiger partial charge in [-0.3, -0.25) is 9.59 Å². The van der Waals surface area contributed by atoms with Gasteiger partial charge in [-0.15, -0.1) is 0 Å². The van der Waals surface area contributed by atoms with Gasteiger partial charge in [-0.2, -0.15) is 0 Å². The van der Waals surface area contributed by atoms with Crippen LogP contribution in [0.15, 0.2) is 12.1 Å². The van der Waals surface area contributed by atoms with Crippen LogP contribution in [0.3, 0.4) is 0 Å². The minimum Gasteiger partial charge on any atom is -0.436 e. The zero-order valence-electron chi connectivity index (χ0n) is 25.4. The molecule has 0 heterocycles. The van der Waals surface area contributed by atoms with E-state index in [9.17, 15) is 27.6 Å². The van der Waals surface area contributed by atoms with Gasteiger partial charge in [0.05, 0.1) is 11.6 Å². The minimum atomic E-state index is -3.40. The molecule has 1 aromatic carbocycles. The summed E-state index contributed by atoms with van der Waals surface area (Å²) in [6.07, 6.45) is 1.76. The van der Waals surface area contributed by atoms with E-state index in [4.69, 9.17) is 10.5 Å². The number of nitrogens with two attached hydrogens (primary N) is 1. The number of nitrogens with zero attached hydrogens (tertiary/aromatic N) is 1. The normalized spacial score (nSPS) is 18.8. The predicted molar refractivity (Wildman–Crippen MR) is 156 cm³/mol. The van der Waals surface area contributed by atoms with E-state index in [-0.39, 0.29) is 29.0 Å². The molecule has 0 aromatic heterocycles. The zero-order valence-corrected chi connectivity index (χ0v) is 25.4. The maximum absolute atomic E-state index is 15.6. The van der Waals surface area contributed by atoms with E-state index in [1.165, 1.54) is 13.0 Å². The second-order valence-electron chi connectivity index (χ2n) is 12.3. The van der Waals surface area contributed by atoms with E-state index >= 15 is 4.39 Å². The highest BCUT2D eigenvalue weighted by atomic mass is 19.3. The lowest BCUT2D eigenvalue weighted by molar-refractivity contribution is -0.130. The van der Waals surface area contributed by atoms with Crippen LogP contribution in [0.4, 0.5) is 28.0 Å². The second kappa shape index (κ2) is 16.3. The molecule has 12 heteroatoms. The average molecular weight is 615 g/mol. The van der Waals surface area contributed by atoms with Crippen LogP contribution in [0, 0.1) is 23.6 Å². The second-order valence-corrected chi connectivity index (χ2v) is 12.3. The maximum Gasteiger partial charge on any atom is 0.405 e. The molecule has 1 aromatic rings. The summed E-state index contributed by atoms with van der Waals surface area (Å²) >= 11 is 0. The number of nitrogens with one attached hydrogen (secondary N) is 2. The van der Waals surface area contributed by atoms with Crippen molar-refractivity contribution in [2.45, 2.75) is 102 Å². The molecule has 3 atom stereocenters. The molecule has 0 bridgehead atoms. The number of halogens is 4. The van der Waals surface area contributed by atoms with E-state index in [0.29, 0.717) is 18.5 Å². The topological polar surface area (TPSA) is 114 Å². The third-order valence-corrected chi connectivity index (χ3v) is 8.92. The van der Waals surface area contributed by atoms with Crippen LogP contribution < -0.4 is 16.4 Å². The number of hydrogen-bond acceptors (Lipinski definition) is 5. The molecule has 2 fully saturated rings. The third kappa shape index (κ3) is 9.81. The number of carbonyl (C=O) groups excluding carboxylic acids is 3. The first-order chi connectivity index (χ1) is 20.4. The minimum absolute atomic E-state index is 0.168. The molecule has 3 rings (SSSR count). The Morgan fingerprint density at radius 3 is 2.00 bits per heavy atom. The molecule has 3 unspecified atom stereocenters. The molecule has 8 nitrogen and oxygen atoms in total. The van der Waals surface area contributed by atoms with Gasteiger partial charge < -0.3 is 26.0 Å². The summed E-state index contributed by atoms with van der Waals surface area (Å²) in [5.74, 6) is -3.63. The fourth-order valence-corrected chi connectivity index (χ4v) is 6.71. The lowest BCUT2D eigenvalue weighted by Crippen LogP contribution is -2.46. The number of hydrogen-bond donors (Lipinski definition) is 3. The summed E-state index contributed by atoms with van der Waals surface area (Å²) in [6, 6.07) is 2.46. The Morgan fingerprint density at radius 1 is 0.953 bits per heavy atom. The molecule has 242 valence electrons. The van der Waals surface area contributed by atoms with Crippen molar-refractivity contribution in [1.29, 1.82) is 0 Å². The molecule has 2 aliphatic carbocycles. The number of benzene rings is 1. The smallest absolute Gasteiger partial charge is 0.405 e. The molecule has 43 heavy (non-hydrogen) atoms. The molecule has 4 N–H and O–H groups in total. The SMILES string of the molecule is CC(C(=O)NC(F)C(F)F)c1cc(F)c(NC(=O)C(OC(N)=O)C(C2CCCCC2)C2CCCCC2)cc1CCN(C)C. The van der Waals surface area contributed by atoms with Crippen molar-refractivity contribution in [1.82, 2.24) is 10.2 Å². The summed E-state index contributed by atoms with van der Waals surface area (Å²) in [4.78, 5) is 40.3. The molecule has 3 amide bonds. The van der Waals surface area contributed by atoms with E-state index in [1.54, 1.807) is 5.32 Å². The van der Waals surface area contributed by atoms with Gasteiger partial charge in [0.2, 0.25) is 12.2 Å². The molecule has 0 saturated heterocycles. The Kier molecular flexibility index (Phi) is 13.1. The van der Waals surface area contributed by atoms with Gasteiger partial charge in [0.25, 0.3) is 12.3 Å². The summed E-state index contributed by atoms with van der Waals surface area (Å²) < 4.78 is 60.0. The van der Waals surface area contributed by atoms with Crippen molar-refractivity contribution in [3.63, 3.8) is 0 Å². The average Bonchev–Trinajstić information content (AvgIpc) is 2.97. The van der Waals surface area contributed by atoms with E-state index in [1.807, 2.05) is 19.0 Å². The van der Waals surface area contributed by atoms with Crippen LogP contribution in [0.1, 0.15) is 88.2 Å². The fraction of sp³-hybridized carbons (Fsp3) is 0.710. The van der Waals surface area contributed by atoms with Crippen LogP contribution in [-0.2, 0) is 20.7 Å². The predicted octanol–water partition coefficient (Wildman–Crippen LogP) is 5.89. The van der Waals surface area contributed by atoms with Crippen LogP contribution in [0.25, 0.3) is 0 Å². The van der Waals surface area contributed by atoms with Crippen molar-refractivity contribution in [2.75, 3.05) is 26.0 Å². The molecule has 0 radical (unpaired) electrons. The van der Waals surface area contributed by atoms with Crippen molar-refractivity contribution >= 4 is 23.6 Å². The highest BCUT2D eigenvalue weighted by Gasteiger charge is 2.42. The first-order valence-corrected chi connectivity index (χ1v) is 15.4. The number of primary amides is 1. The number of likely N-dealkylation sites (N-methyl/N-ethyl adjacent to an activating group) is 1. The summed E-state index contributed by atoms with van der Waals surface area (Å²) in [6.45, 7) is 1.86. The molecule has 2 saturated carbocycles. The Hall–Kier alpha value is -2.89. The van der Waals surface area contributed by atoms with Gasteiger partial charge in [0.15, 0.2) is 6.10 Å². The number of alkyl halides is 3. The summed E-state index contributed by atoms with van der Waals surface area (Å²) in [7, 11) is 3.64. The van der Waals surface area contributed by atoms with Gasteiger partial charge in [-0.05, 0) is 62.5 Å². The highest BCUT2D eigenvalue weighted by Crippen LogP contribution is 2.43. The van der Waals surface area contributed by atoms with Gasteiger partial charge in [0.1, 0.15) is 5.82 Å². The van der Waals surface area contributed by atoms with Gasteiger partial charge in [-0.25, -0.2) is 22.4 Å². The number of anilines is 1. The molecular weight excluding hydrogens is 568 g/mol. The number of amides is 3. The van der Waals surface area contributed by atoms with Gasteiger partial charge >= 0.3 is 6.09 Å². The van der Waals surface area contributed by atoms with Crippen LogP contribution in [0.2, 0.25) is 0 Å². The summed E-state index contributed by atoms with van der Waals surface area (Å²) in [5.41, 5.74) is 5.94. The van der Waals surface area contributed by atoms with Crippen molar-refractivity contribution < 1.29 is 36.7 Å². The van der Waals surface area contributed by atoms with Gasteiger partial charge in [0, 0.05) is 12.5 Å². The van der Waals surface area contributed by atoms with Crippen LogP contribution in [0.5, 0.6) is 0 Å². The molecule has 0 aliphatic heterocycles. The number of carbonyl (C=O) groups is 3. The monoisotopic (exact) mass is 614 g/mol. The highest BCUT2D eigenvalue weighted by molar-refractivity contribution is 5.96. The van der Waals surface area contributed by atoms with Gasteiger partial charge in [-0.1, -0.05) is 64.2 Å². The Morgan fingerprint density at radius 2 is 1.51 bits per heavy atom. The van der Waals surface area contributed by atoms with Crippen LogP contribution >= 0.6 is 0 Å². The van der Waals surface area contributed by atoms with Crippen molar-refractivity contribution in [3.8, 4) is 0 Å². The maximum atomic E-state index is 15.6. The fourth-order valence-electron chi connectivity index (χ4n) is 6.71. The Bertz CT molecular complexity index is 1080. The quantitative estimate of drug-likeness (QED) is 0.190. The molecule has 2 aliphatic rings. The van der Waals surface area contributed by atoms with Crippen LogP contribution in [-0.4, -0.2) is 62.3 Å². The Balaban J connectivity index is 1.94. The first kappa shape index (κ1) is 34.6. The van der Waals surface area contributed by atoms with Crippen molar-refractivity contribution in [3.05, 3.63) is 29.1 Å². The van der Waals surface area contributed by atoms with E-state index in [0.717, 1.165) is 70.3 Å². The number of rotatable bonds is 13. The van der Waals surface area contributed by atoms with Crippen molar-refractivity contribution in [2.24, 2.45) is 23.5 Å². The first-order valence-electron chi connectivity index (χ1n) is 15.4. The summed E-state index contributed by atoms with van der Waals surface area (Å²) in [5, 5.41) is 4.25. The zero-order chi connectivity index (χ0) is 31.7. The lowest BCUT2D eigenvalue weighted by atomic mass is 9.67. The van der Waals surface area contributed by atoms with E-state index < -0.39 is 48.5 Å².